The summed E-state index contributed by atoms with van der Waals surface area (Å²) < 4.78 is 5.48. The van der Waals surface area contributed by atoms with Crippen molar-refractivity contribution in [2.75, 3.05) is 13.1 Å². The molecule has 2 heterocycles. The van der Waals surface area contributed by atoms with Crippen molar-refractivity contribution in [3.63, 3.8) is 0 Å². The Labute approximate surface area is 117 Å². The predicted molar refractivity (Wildman–Crippen MR) is 79.4 cm³/mol. The first kappa shape index (κ1) is 14.6. The van der Waals surface area contributed by atoms with E-state index in [1.807, 2.05) is 6.07 Å². The van der Waals surface area contributed by atoms with Crippen molar-refractivity contribution >= 4 is 0 Å². The average molecular weight is 264 g/mol. The van der Waals surface area contributed by atoms with E-state index in [-0.39, 0.29) is 0 Å². The van der Waals surface area contributed by atoms with Crippen LogP contribution in [0, 0.1) is 0 Å². The molecule has 0 bridgehead atoms. The minimum atomic E-state index is 0.523. The molecule has 19 heavy (non-hydrogen) atoms. The normalized spacial score (nSPS) is 22.1. The van der Waals surface area contributed by atoms with Gasteiger partial charge in [0.15, 0.2) is 0 Å². The fraction of sp³-hybridized carbons (Fsp3) is 0.750. The lowest BCUT2D eigenvalue weighted by Crippen LogP contribution is -2.49. The summed E-state index contributed by atoms with van der Waals surface area (Å²) in [6.07, 6.45) is 6.79. The highest BCUT2D eigenvalue weighted by Crippen LogP contribution is 2.16. The van der Waals surface area contributed by atoms with E-state index in [2.05, 4.69) is 37.1 Å². The number of nitrogens with one attached hydrogen (secondary N) is 1. The summed E-state index contributed by atoms with van der Waals surface area (Å²) in [6.45, 7) is 9.23. The maximum absolute atomic E-state index is 5.48. The van der Waals surface area contributed by atoms with Gasteiger partial charge in [-0.05, 0) is 52.3 Å². The predicted octanol–water partition coefficient (Wildman–Crippen LogP) is 3.06. The zero-order valence-electron chi connectivity index (χ0n) is 12.6. The molecule has 0 amide bonds. The van der Waals surface area contributed by atoms with E-state index in [1.165, 1.54) is 25.8 Å². The third kappa shape index (κ3) is 4.36. The SMILES string of the molecule is CC(C)N(CC1CCCCN1)C(C)Cc1ccco1. The third-order valence-corrected chi connectivity index (χ3v) is 4.15. The van der Waals surface area contributed by atoms with Crippen LogP contribution in [0.25, 0.3) is 0 Å². The number of furan rings is 1. The van der Waals surface area contributed by atoms with Gasteiger partial charge in [0, 0.05) is 31.1 Å². The zero-order valence-corrected chi connectivity index (χ0v) is 12.6. The van der Waals surface area contributed by atoms with Gasteiger partial charge < -0.3 is 9.73 Å². The van der Waals surface area contributed by atoms with Gasteiger partial charge in [0.05, 0.1) is 6.26 Å². The molecule has 0 aliphatic carbocycles. The number of rotatable bonds is 6. The molecule has 0 saturated carbocycles. The van der Waals surface area contributed by atoms with Gasteiger partial charge in [0.1, 0.15) is 5.76 Å². The summed E-state index contributed by atoms with van der Waals surface area (Å²) in [6, 6.07) is 5.82. The van der Waals surface area contributed by atoms with E-state index in [1.54, 1.807) is 6.26 Å². The van der Waals surface area contributed by atoms with Crippen molar-refractivity contribution in [3.05, 3.63) is 24.2 Å². The Morgan fingerprint density at radius 1 is 1.37 bits per heavy atom. The molecule has 0 radical (unpaired) electrons. The van der Waals surface area contributed by atoms with Crippen LogP contribution >= 0.6 is 0 Å². The lowest BCUT2D eigenvalue weighted by molar-refractivity contribution is 0.133. The second kappa shape index (κ2) is 7.11. The van der Waals surface area contributed by atoms with Crippen molar-refractivity contribution in [1.82, 2.24) is 10.2 Å². The average Bonchev–Trinajstić information content (AvgIpc) is 2.89. The largest absolute Gasteiger partial charge is 0.469 e. The Bertz CT molecular complexity index is 342. The molecule has 1 aliphatic heterocycles. The van der Waals surface area contributed by atoms with Gasteiger partial charge in [-0.3, -0.25) is 4.90 Å². The van der Waals surface area contributed by atoms with Gasteiger partial charge in [0.25, 0.3) is 0 Å². The molecule has 1 aromatic rings. The van der Waals surface area contributed by atoms with Crippen LogP contribution in [-0.2, 0) is 6.42 Å². The second-order valence-corrected chi connectivity index (χ2v) is 6.07. The minimum absolute atomic E-state index is 0.523. The molecule has 108 valence electrons. The summed E-state index contributed by atoms with van der Waals surface area (Å²) in [5.74, 6) is 1.09. The molecule has 1 fully saturated rings. The molecule has 1 N–H and O–H groups in total. The summed E-state index contributed by atoms with van der Waals surface area (Å²) in [5, 5.41) is 3.65. The first-order chi connectivity index (χ1) is 9.16. The third-order valence-electron chi connectivity index (χ3n) is 4.15. The lowest BCUT2D eigenvalue weighted by atomic mass is 10.0. The van der Waals surface area contributed by atoms with Crippen molar-refractivity contribution in [3.8, 4) is 0 Å². The fourth-order valence-corrected chi connectivity index (χ4v) is 3.07. The summed E-state index contributed by atoms with van der Waals surface area (Å²) in [7, 11) is 0. The maximum atomic E-state index is 5.48. The first-order valence-corrected chi connectivity index (χ1v) is 7.68. The van der Waals surface area contributed by atoms with Crippen LogP contribution in [0.15, 0.2) is 22.8 Å². The van der Waals surface area contributed by atoms with Crippen LogP contribution < -0.4 is 5.32 Å². The molecule has 2 unspecified atom stereocenters. The van der Waals surface area contributed by atoms with E-state index in [9.17, 15) is 0 Å². The van der Waals surface area contributed by atoms with E-state index >= 15 is 0 Å². The standard InChI is InChI=1S/C16H28N2O/c1-13(2)18(12-15-7-4-5-9-17-15)14(3)11-16-8-6-10-19-16/h6,8,10,13-15,17H,4-5,7,9,11-12H2,1-3H3. The first-order valence-electron chi connectivity index (χ1n) is 7.68. The van der Waals surface area contributed by atoms with Gasteiger partial charge in [-0.1, -0.05) is 6.42 Å². The Morgan fingerprint density at radius 2 is 2.21 bits per heavy atom. The molecule has 3 heteroatoms. The fourth-order valence-electron chi connectivity index (χ4n) is 3.07. The zero-order chi connectivity index (χ0) is 13.7. The van der Waals surface area contributed by atoms with Crippen LogP contribution in [0.2, 0.25) is 0 Å². The number of piperidine rings is 1. The van der Waals surface area contributed by atoms with Crippen LogP contribution in [0.5, 0.6) is 0 Å². The highest BCUT2D eigenvalue weighted by atomic mass is 16.3. The van der Waals surface area contributed by atoms with Crippen LogP contribution in [0.4, 0.5) is 0 Å². The van der Waals surface area contributed by atoms with Gasteiger partial charge in [0.2, 0.25) is 0 Å². The quantitative estimate of drug-likeness (QED) is 0.856. The van der Waals surface area contributed by atoms with Gasteiger partial charge in [-0.2, -0.15) is 0 Å². The molecular formula is C16H28N2O. The van der Waals surface area contributed by atoms with E-state index in [0.29, 0.717) is 18.1 Å². The van der Waals surface area contributed by atoms with Crippen molar-refractivity contribution < 1.29 is 4.42 Å². The molecule has 1 saturated heterocycles. The van der Waals surface area contributed by atoms with Gasteiger partial charge >= 0.3 is 0 Å². The monoisotopic (exact) mass is 264 g/mol. The smallest absolute Gasteiger partial charge is 0.105 e. The van der Waals surface area contributed by atoms with E-state index in [4.69, 9.17) is 4.42 Å². The van der Waals surface area contributed by atoms with Crippen LogP contribution in [0.3, 0.4) is 0 Å². The molecular weight excluding hydrogens is 236 g/mol. The van der Waals surface area contributed by atoms with Crippen molar-refractivity contribution in [1.29, 1.82) is 0 Å². The Kier molecular flexibility index (Phi) is 5.46. The molecule has 1 aliphatic rings. The Morgan fingerprint density at radius 3 is 2.79 bits per heavy atom. The molecule has 2 rings (SSSR count). The topological polar surface area (TPSA) is 28.4 Å². The van der Waals surface area contributed by atoms with E-state index in [0.717, 1.165) is 18.7 Å². The summed E-state index contributed by atoms with van der Waals surface area (Å²) >= 11 is 0. The molecule has 3 nitrogen and oxygen atoms in total. The maximum Gasteiger partial charge on any atom is 0.105 e. The van der Waals surface area contributed by atoms with Gasteiger partial charge in [-0.25, -0.2) is 0 Å². The summed E-state index contributed by atoms with van der Waals surface area (Å²) in [4.78, 5) is 2.60. The van der Waals surface area contributed by atoms with Crippen molar-refractivity contribution in [2.45, 2.75) is 64.6 Å². The highest BCUT2D eigenvalue weighted by Gasteiger charge is 2.23. The Balaban J connectivity index is 1.90. The highest BCUT2D eigenvalue weighted by molar-refractivity contribution is 5.00. The minimum Gasteiger partial charge on any atom is -0.469 e. The number of hydrogen-bond donors (Lipinski definition) is 1. The van der Waals surface area contributed by atoms with Gasteiger partial charge in [-0.15, -0.1) is 0 Å². The van der Waals surface area contributed by atoms with Crippen molar-refractivity contribution in [2.24, 2.45) is 0 Å². The van der Waals surface area contributed by atoms with E-state index < -0.39 is 0 Å². The molecule has 0 aromatic carbocycles. The number of nitrogens with zero attached hydrogens (tertiary/aromatic N) is 1. The molecule has 1 aromatic heterocycles. The summed E-state index contributed by atoms with van der Waals surface area (Å²) in [5.41, 5.74) is 0. The number of hydrogen-bond acceptors (Lipinski definition) is 3. The Hall–Kier alpha value is -0.800. The van der Waals surface area contributed by atoms with Crippen LogP contribution in [0.1, 0.15) is 45.8 Å². The molecule has 2 atom stereocenters. The lowest BCUT2D eigenvalue weighted by Gasteiger charge is -2.37. The van der Waals surface area contributed by atoms with Crippen LogP contribution in [-0.4, -0.2) is 36.1 Å². The molecule has 0 spiro atoms. The second-order valence-electron chi connectivity index (χ2n) is 6.07.